The lowest BCUT2D eigenvalue weighted by atomic mass is 10.0. The van der Waals surface area contributed by atoms with E-state index in [9.17, 15) is 4.79 Å². The molecule has 2 atom stereocenters. The van der Waals surface area contributed by atoms with Gasteiger partial charge in [-0.3, -0.25) is 4.79 Å². The number of nitrogens with two attached hydrogens (primary N) is 1. The van der Waals surface area contributed by atoms with Crippen LogP contribution in [0.2, 0.25) is 0 Å². The Morgan fingerprint density at radius 2 is 2.00 bits per heavy atom. The minimum Gasteiger partial charge on any atom is -0.493 e. The number of carbonyl (C=O) groups excluding carboxylic acids is 1. The fraction of sp³-hybridized carbons (Fsp3) is 0.500. The van der Waals surface area contributed by atoms with Gasteiger partial charge in [-0.25, -0.2) is 0 Å². The normalized spacial score (nSPS) is 12.8. The fourth-order valence-electron chi connectivity index (χ4n) is 1.51. The smallest absolute Gasteiger partial charge is 0.228 e. The molecule has 0 bridgehead atoms. The number of amides is 1. The summed E-state index contributed by atoms with van der Waals surface area (Å²) in [5.74, 6) is 0.884. The highest BCUT2D eigenvalue weighted by molar-refractivity contribution is 5.93. The SMILES string of the molecule is CCOc1ccc(NC(=O)C(C)C(C)N)cc1OC.Cl. The number of carbonyl (C=O) groups is 1. The lowest BCUT2D eigenvalue weighted by Gasteiger charge is -2.16. The third-order valence-corrected chi connectivity index (χ3v) is 2.93. The fourth-order valence-corrected chi connectivity index (χ4v) is 1.51. The molecule has 5 nitrogen and oxygen atoms in total. The Hall–Kier alpha value is -1.46. The van der Waals surface area contributed by atoms with Crippen LogP contribution in [0.5, 0.6) is 11.5 Å². The Bertz CT molecular complexity index is 438. The van der Waals surface area contributed by atoms with Crippen molar-refractivity contribution in [3.05, 3.63) is 18.2 Å². The zero-order chi connectivity index (χ0) is 14.4. The van der Waals surface area contributed by atoms with Gasteiger partial charge in [-0.05, 0) is 26.0 Å². The quantitative estimate of drug-likeness (QED) is 0.846. The van der Waals surface area contributed by atoms with Crippen molar-refractivity contribution < 1.29 is 14.3 Å². The molecular weight excluding hydrogens is 280 g/mol. The molecule has 0 aliphatic carbocycles. The Kier molecular flexibility index (Phi) is 8.03. The van der Waals surface area contributed by atoms with Crippen molar-refractivity contribution in [3.8, 4) is 11.5 Å². The molecule has 1 amide bonds. The molecule has 3 N–H and O–H groups in total. The number of ether oxygens (including phenoxy) is 2. The van der Waals surface area contributed by atoms with Crippen molar-refractivity contribution in [2.75, 3.05) is 19.0 Å². The van der Waals surface area contributed by atoms with Crippen LogP contribution in [0.15, 0.2) is 18.2 Å². The van der Waals surface area contributed by atoms with Gasteiger partial charge < -0.3 is 20.5 Å². The topological polar surface area (TPSA) is 73.6 Å². The zero-order valence-corrected chi connectivity index (χ0v) is 13.1. The largest absolute Gasteiger partial charge is 0.493 e. The van der Waals surface area contributed by atoms with E-state index in [1.165, 1.54) is 0 Å². The van der Waals surface area contributed by atoms with Crippen molar-refractivity contribution in [1.29, 1.82) is 0 Å². The van der Waals surface area contributed by atoms with Gasteiger partial charge in [0, 0.05) is 17.8 Å². The molecule has 20 heavy (non-hydrogen) atoms. The van der Waals surface area contributed by atoms with Crippen LogP contribution in [0.3, 0.4) is 0 Å². The molecule has 0 saturated heterocycles. The molecule has 0 spiro atoms. The number of hydrogen-bond donors (Lipinski definition) is 2. The molecule has 1 aromatic rings. The van der Waals surface area contributed by atoms with Crippen molar-refractivity contribution in [3.63, 3.8) is 0 Å². The number of benzene rings is 1. The number of halogens is 1. The summed E-state index contributed by atoms with van der Waals surface area (Å²) in [5, 5.41) is 2.81. The van der Waals surface area contributed by atoms with E-state index in [0.717, 1.165) is 0 Å². The third-order valence-electron chi connectivity index (χ3n) is 2.93. The van der Waals surface area contributed by atoms with Gasteiger partial charge in [0.25, 0.3) is 0 Å². The first-order valence-electron chi connectivity index (χ1n) is 6.36. The maximum atomic E-state index is 11.9. The summed E-state index contributed by atoms with van der Waals surface area (Å²) < 4.78 is 10.6. The van der Waals surface area contributed by atoms with E-state index in [-0.39, 0.29) is 30.3 Å². The molecule has 0 heterocycles. The van der Waals surface area contributed by atoms with E-state index in [2.05, 4.69) is 5.32 Å². The predicted molar refractivity (Wildman–Crippen MR) is 82.9 cm³/mol. The molecule has 1 aromatic carbocycles. The second-order valence-electron chi connectivity index (χ2n) is 4.44. The second kappa shape index (κ2) is 8.66. The minimum atomic E-state index is -0.252. The highest BCUT2D eigenvalue weighted by atomic mass is 35.5. The Balaban J connectivity index is 0.00000361. The summed E-state index contributed by atoms with van der Waals surface area (Å²) in [6.45, 7) is 6.07. The van der Waals surface area contributed by atoms with Gasteiger partial charge in [0.05, 0.1) is 19.6 Å². The van der Waals surface area contributed by atoms with Gasteiger partial charge in [0.15, 0.2) is 11.5 Å². The first kappa shape index (κ1) is 18.5. The maximum absolute atomic E-state index is 11.9. The van der Waals surface area contributed by atoms with Crippen LogP contribution in [-0.2, 0) is 4.79 Å². The lowest BCUT2D eigenvalue weighted by molar-refractivity contribution is -0.119. The molecule has 0 saturated carbocycles. The lowest BCUT2D eigenvalue weighted by Crippen LogP contribution is -2.34. The summed E-state index contributed by atoms with van der Waals surface area (Å²) in [4.78, 5) is 11.9. The van der Waals surface area contributed by atoms with Crippen molar-refractivity contribution in [2.24, 2.45) is 11.7 Å². The van der Waals surface area contributed by atoms with Crippen LogP contribution in [-0.4, -0.2) is 25.7 Å². The van der Waals surface area contributed by atoms with E-state index in [1.54, 1.807) is 32.2 Å². The van der Waals surface area contributed by atoms with Gasteiger partial charge in [-0.2, -0.15) is 0 Å². The average molecular weight is 303 g/mol. The Morgan fingerprint density at radius 1 is 1.35 bits per heavy atom. The second-order valence-corrected chi connectivity index (χ2v) is 4.44. The summed E-state index contributed by atoms with van der Waals surface area (Å²) in [5.41, 5.74) is 6.37. The van der Waals surface area contributed by atoms with Crippen molar-refractivity contribution >= 4 is 24.0 Å². The zero-order valence-electron chi connectivity index (χ0n) is 12.3. The average Bonchev–Trinajstić information content (AvgIpc) is 2.39. The molecule has 0 aliphatic heterocycles. The standard InChI is InChI=1S/C14H22N2O3.ClH/c1-5-19-12-7-6-11(8-13(12)18-4)16-14(17)9(2)10(3)15;/h6-10H,5,15H2,1-4H3,(H,16,17);1H. The van der Waals surface area contributed by atoms with E-state index in [4.69, 9.17) is 15.2 Å². The van der Waals surface area contributed by atoms with Crippen molar-refractivity contribution in [1.82, 2.24) is 0 Å². The number of nitrogens with one attached hydrogen (secondary N) is 1. The number of methoxy groups -OCH3 is 1. The summed E-state index contributed by atoms with van der Waals surface area (Å²) in [6, 6.07) is 5.09. The number of hydrogen-bond acceptors (Lipinski definition) is 4. The Labute approximate surface area is 126 Å². The van der Waals surface area contributed by atoms with Crippen LogP contribution in [0.4, 0.5) is 5.69 Å². The highest BCUT2D eigenvalue weighted by Gasteiger charge is 2.17. The molecular formula is C14H23ClN2O3. The van der Waals surface area contributed by atoms with E-state index >= 15 is 0 Å². The van der Waals surface area contributed by atoms with E-state index in [1.807, 2.05) is 13.8 Å². The van der Waals surface area contributed by atoms with E-state index in [0.29, 0.717) is 23.8 Å². The number of anilines is 1. The molecule has 0 aliphatic rings. The van der Waals surface area contributed by atoms with E-state index < -0.39 is 0 Å². The summed E-state index contributed by atoms with van der Waals surface area (Å²) >= 11 is 0. The first-order valence-corrected chi connectivity index (χ1v) is 6.36. The van der Waals surface area contributed by atoms with Crippen LogP contribution in [0.25, 0.3) is 0 Å². The van der Waals surface area contributed by atoms with Crippen LogP contribution >= 0.6 is 12.4 Å². The minimum absolute atomic E-state index is 0. The monoisotopic (exact) mass is 302 g/mol. The molecule has 0 radical (unpaired) electrons. The van der Waals surface area contributed by atoms with Gasteiger partial charge in [0.1, 0.15) is 0 Å². The molecule has 6 heteroatoms. The molecule has 1 rings (SSSR count). The molecule has 114 valence electrons. The van der Waals surface area contributed by atoms with Gasteiger partial charge in [-0.15, -0.1) is 12.4 Å². The Morgan fingerprint density at radius 3 is 2.50 bits per heavy atom. The molecule has 2 unspecified atom stereocenters. The highest BCUT2D eigenvalue weighted by Crippen LogP contribution is 2.30. The number of rotatable bonds is 6. The van der Waals surface area contributed by atoms with Crippen LogP contribution in [0.1, 0.15) is 20.8 Å². The molecule has 0 fully saturated rings. The summed E-state index contributed by atoms with van der Waals surface area (Å²) in [6.07, 6.45) is 0. The van der Waals surface area contributed by atoms with Crippen molar-refractivity contribution in [2.45, 2.75) is 26.8 Å². The predicted octanol–water partition coefficient (Wildman–Crippen LogP) is 2.44. The summed E-state index contributed by atoms with van der Waals surface area (Å²) in [7, 11) is 1.56. The van der Waals surface area contributed by atoms with Gasteiger partial charge >= 0.3 is 0 Å². The maximum Gasteiger partial charge on any atom is 0.228 e. The molecule has 0 aromatic heterocycles. The third kappa shape index (κ3) is 4.90. The van der Waals surface area contributed by atoms with Gasteiger partial charge in [-0.1, -0.05) is 6.92 Å². The van der Waals surface area contributed by atoms with Crippen LogP contribution < -0.4 is 20.5 Å². The first-order chi connectivity index (χ1) is 8.99. The van der Waals surface area contributed by atoms with Gasteiger partial charge in [0.2, 0.25) is 5.91 Å². The van der Waals surface area contributed by atoms with Crippen LogP contribution in [0, 0.1) is 5.92 Å².